The van der Waals surface area contributed by atoms with Crippen molar-refractivity contribution in [1.29, 1.82) is 0 Å². The first kappa shape index (κ1) is 11.0. The Bertz CT molecular complexity index is 348. The Morgan fingerprint density at radius 3 is 2.81 bits per heavy atom. The molecule has 1 saturated heterocycles. The average molecular weight is 221 g/mol. The van der Waals surface area contributed by atoms with E-state index in [9.17, 15) is 0 Å². The SMILES string of the molecule is CCCOc1nc(N2CCCC2)ccc1N. The number of nitrogen functional groups attached to an aromatic ring is 1. The van der Waals surface area contributed by atoms with E-state index in [1.165, 1.54) is 12.8 Å². The summed E-state index contributed by atoms with van der Waals surface area (Å²) < 4.78 is 5.52. The Morgan fingerprint density at radius 1 is 1.38 bits per heavy atom. The number of nitrogens with zero attached hydrogens (tertiary/aromatic N) is 2. The van der Waals surface area contributed by atoms with Crippen LogP contribution < -0.4 is 15.4 Å². The van der Waals surface area contributed by atoms with E-state index < -0.39 is 0 Å². The van der Waals surface area contributed by atoms with Crippen LogP contribution in [0, 0.1) is 0 Å². The van der Waals surface area contributed by atoms with Crippen LogP contribution in [0.15, 0.2) is 12.1 Å². The minimum Gasteiger partial charge on any atom is -0.476 e. The van der Waals surface area contributed by atoms with Crippen LogP contribution in [0.2, 0.25) is 0 Å². The minimum atomic E-state index is 0.575. The fourth-order valence-corrected chi connectivity index (χ4v) is 1.88. The second-order valence-corrected chi connectivity index (χ2v) is 4.11. The summed E-state index contributed by atoms with van der Waals surface area (Å²) in [6, 6.07) is 3.85. The third-order valence-electron chi connectivity index (χ3n) is 2.75. The lowest BCUT2D eigenvalue weighted by Gasteiger charge is -2.17. The van der Waals surface area contributed by atoms with Gasteiger partial charge in [-0.25, -0.2) is 0 Å². The number of pyridine rings is 1. The van der Waals surface area contributed by atoms with Gasteiger partial charge in [0.1, 0.15) is 5.82 Å². The highest BCUT2D eigenvalue weighted by Crippen LogP contribution is 2.25. The van der Waals surface area contributed by atoms with Crippen molar-refractivity contribution in [1.82, 2.24) is 4.98 Å². The molecule has 1 fully saturated rings. The van der Waals surface area contributed by atoms with Gasteiger partial charge < -0.3 is 15.4 Å². The van der Waals surface area contributed by atoms with Gasteiger partial charge in [-0.15, -0.1) is 0 Å². The zero-order chi connectivity index (χ0) is 11.4. The highest BCUT2D eigenvalue weighted by molar-refractivity contribution is 5.54. The lowest BCUT2D eigenvalue weighted by Crippen LogP contribution is -2.19. The molecule has 1 aliphatic rings. The molecule has 0 radical (unpaired) electrons. The normalized spacial score (nSPS) is 15.4. The van der Waals surface area contributed by atoms with Crippen molar-refractivity contribution in [3.05, 3.63) is 12.1 Å². The molecule has 0 bridgehead atoms. The number of ether oxygens (including phenoxy) is 1. The predicted molar refractivity (Wildman–Crippen MR) is 65.9 cm³/mol. The maximum atomic E-state index is 5.82. The van der Waals surface area contributed by atoms with E-state index in [-0.39, 0.29) is 0 Å². The van der Waals surface area contributed by atoms with Gasteiger partial charge in [0.25, 0.3) is 0 Å². The Morgan fingerprint density at radius 2 is 2.12 bits per heavy atom. The van der Waals surface area contributed by atoms with Gasteiger partial charge in [0.2, 0.25) is 5.88 Å². The fraction of sp³-hybridized carbons (Fsp3) is 0.583. The number of aromatic nitrogens is 1. The summed E-state index contributed by atoms with van der Waals surface area (Å²) in [6.45, 7) is 4.91. The largest absolute Gasteiger partial charge is 0.476 e. The van der Waals surface area contributed by atoms with E-state index in [2.05, 4.69) is 16.8 Å². The zero-order valence-electron chi connectivity index (χ0n) is 9.78. The second kappa shape index (κ2) is 5.05. The van der Waals surface area contributed by atoms with Gasteiger partial charge in [0, 0.05) is 13.1 Å². The van der Waals surface area contributed by atoms with Crippen LogP contribution in [0.5, 0.6) is 5.88 Å². The smallest absolute Gasteiger partial charge is 0.239 e. The Labute approximate surface area is 96.4 Å². The summed E-state index contributed by atoms with van der Waals surface area (Å²) >= 11 is 0. The number of nitrogens with two attached hydrogens (primary N) is 1. The third kappa shape index (κ3) is 2.38. The first-order valence-electron chi connectivity index (χ1n) is 5.95. The lowest BCUT2D eigenvalue weighted by atomic mass is 10.4. The number of hydrogen-bond donors (Lipinski definition) is 1. The highest BCUT2D eigenvalue weighted by Gasteiger charge is 2.15. The second-order valence-electron chi connectivity index (χ2n) is 4.11. The number of rotatable bonds is 4. The minimum absolute atomic E-state index is 0.575. The van der Waals surface area contributed by atoms with Crippen LogP contribution in [0.1, 0.15) is 26.2 Å². The quantitative estimate of drug-likeness (QED) is 0.845. The molecule has 1 aromatic rings. The van der Waals surface area contributed by atoms with E-state index >= 15 is 0 Å². The van der Waals surface area contributed by atoms with Crippen LogP contribution in [0.25, 0.3) is 0 Å². The molecule has 0 atom stereocenters. The summed E-state index contributed by atoms with van der Waals surface area (Å²) in [5, 5.41) is 0. The standard InChI is InChI=1S/C12H19N3O/c1-2-9-16-12-10(13)5-6-11(14-12)15-7-3-4-8-15/h5-6H,2-4,7-9,13H2,1H3. The van der Waals surface area contributed by atoms with Crippen molar-refractivity contribution >= 4 is 11.5 Å². The van der Waals surface area contributed by atoms with E-state index in [4.69, 9.17) is 10.5 Å². The van der Waals surface area contributed by atoms with Gasteiger partial charge in [-0.2, -0.15) is 4.98 Å². The topological polar surface area (TPSA) is 51.4 Å². The molecule has 16 heavy (non-hydrogen) atoms. The van der Waals surface area contributed by atoms with Crippen molar-refractivity contribution in [2.24, 2.45) is 0 Å². The maximum Gasteiger partial charge on any atom is 0.239 e. The monoisotopic (exact) mass is 221 g/mol. The van der Waals surface area contributed by atoms with E-state index in [0.29, 0.717) is 18.2 Å². The van der Waals surface area contributed by atoms with Gasteiger partial charge >= 0.3 is 0 Å². The molecule has 0 saturated carbocycles. The highest BCUT2D eigenvalue weighted by atomic mass is 16.5. The molecule has 1 aromatic heterocycles. The molecule has 4 heteroatoms. The lowest BCUT2D eigenvalue weighted by molar-refractivity contribution is 0.307. The molecule has 0 aliphatic carbocycles. The van der Waals surface area contributed by atoms with Crippen LogP contribution in [-0.4, -0.2) is 24.7 Å². The molecule has 4 nitrogen and oxygen atoms in total. The summed E-state index contributed by atoms with van der Waals surface area (Å²) in [7, 11) is 0. The van der Waals surface area contributed by atoms with Crippen LogP contribution in [0.3, 0.4) is 0 Å². The van der Waals surface area contributed by atoms with Crippen LogP contribution in [-0.2, 0) is 0 Å². The number of hydrogen-bond acceptors (Lipinski definition) is 4. The average Bonchev–Trinajstić information content (AvgIpc) is 2.81. The van der Waals surface area contributed by atoms with Gasteiger partial charge in [-0.05, 0) is 31.4 Å². The van der Waals surface area contributed by atoms with Crippen LogP contribution >= 0.6 is 0 Å². The fourth-order valence-electron chi connectivity index (χ4n) is 1.88. The summed E-state index contributed by atoms with van der Waals surface area (Å²) in [5.41, 5.74) is 6.44. The summed E-state index contributed by atoms with van der Waals surface area (Å²) in [5.74, 6) is 1.56. The van der Waals surface area contributed by atoms with Crippen LogP contribution in [0.4, 0.5) is 11.5 Å². The Kier molecular flexibility index (Phi) is 3.49. The van der Waals surface area contributed by atoms with Gasteiger partial charge in [-0.1, -0.05) is 6.92 Å². The molecule has 2 N–H and O–H groups in total. The molecular formula is C12H19N3O. The van der Waals surface area contributed by atoms with Crippen molar-refractivity contribution in [2.45, 2.75) is 26.2 Å². The Hall–Kier alpha value is -1.45. The molecule has 2 heterocycles. The first-order chi connectivity index (χ1) is 7.81. The van der Waals surface area contributed by atoms with Crippen molar-refractivity contribution in [3.63, 3.8) is 0 Å². The molecule has 1 aliphatic heterocycles. The Balaban J connectivity index is 2.13. The molecule has 2 rings (SSSR count). The molecule has 88 valence electrons. The van der Waals surface area contributed by atoms with E-state index in [1.807, 2.05) is 12.1 Å². The van der Waals surface area contributed by atoms with Gasteiger partial charge in [0.05, 0.1) is 12.3 Å². The maximum absolute atomic E-state index is 5.82. The first-order valence-corrected chi connectivity index (χ1v) is 5.95. The molecule has 0 spiro atoms. The summed E-state index contributed by atoms with van der Waals surface area (Å²) in [4.78, 5) is 6.75. The third-order valence-corrected chi connectivity index (χ3v) is 2.75. The van der Waals surface area contributed by atoms with Crippen molar-refractivity contribution in [3.8, 4) is 5.88 Å². The van der Waals surface area contributed by atoms with Crippen molar-refractivity contribution < 1.29 is 4.74 Å². The zero-order valence-corrected chi connectivity index (χ0v) is 9.78. The summed E-state index contributed by atoms with van der Waals surface area (Å²) in [6.07, 6.45) is 3.46. The molecular weight excluding hydrogens is 202 g/mol. The van der Waals surface area contributed by atoms with E-state index in [0.717, 1.165) is 25.3 Å². The van der Waals surface area contributed by atoms with Crippen molar-refractivity contribution in [2.75, 3.05) is 30.3 Å². The van der Waals surface area contributed by atoms with E-state index in [1.54, 1.807) is 0 Å². The molecule has 0 amide bonds. The predicted octanol–water partition coefficient (Wildman–Crippen LogP) is 2.05. The number of anilines is 2. The molecule has 0 aromatic carbocycles. The van der Waals surface area contributed by atoms with Gasteiger partial charge in [-0.3, -0.25) is 0 Å². The molecule has 0 unspecified atom stereocenters. The van der Waals surface area contributed by atoms with Gasteiger partial charge in [0.15, 0.2) is 0 Å².